The van der Waals surface area contributed by atoms with Crippen LogP contribution in [-0.4, -0.2) is 45.8 Å². The van der Waals surface area contributed by atoms with Crippen molar-refractivity contribution in [1.29, 1.82) is 0 Å². The van der Waals surface area contributed by atoms with Crippen molar-refractivity contribution >= 4 is 0 Å². The van der Waals surface area contributed by atoms with Crippen molar-refractivity contribution in [2.75, 3.05) is 13.2 Å². The molecule has 1 heterocycles. The summed E-state index contributed by atoms with van der Waals surface area (Å²) in [7, 11) is 0. The molecule has 1 saturated heterocycles. The number of rotatable bonds is 7. The van der Waals surface area contributed by atoms with Crippen LogP contribution in [0.2, 0.25) is 0 Å². The number of unbranched alkanes of at least 4 members (excludes halogenated alkanes) is 3. The molecule has 1 aliphatic rings. The monoisotopic (exact) mass is 273 g/mol. The Labute approximate surface area is 117 Å². The average Bonchev–Trinajstić information content (AvgIpc) is 2.30. The number of nitrogens with zero attached hydrogens (tertiary/aromatic N) is 1. The largest absolute Gasteiger partial charge is 0.396 e. The van der Waals surface area contributed by atoms with Gasteiger partial charge in [-0.3, -0.25) is 0 Å². The van der Waals surface area contributed by atoms with E-state index >= 15 is 0 Å². The maximum atomic E-state index is 10.2. The molecule has 0 spiro atoms. The van der Waals surface area contributed by atoms with Crippen LogP contribution in [0.15, 0.2) is 0 Å². The quantitative estimate of drug-likeness (QED) is 0.700. The molecule has 0 saturated carbocycles. The Morgan fingerprint density at radius 2 is 1.53 bits per heavy atom. The Bertz CT molecular complexity index is 248. The van der Waals surface area contributed by atoms with Crippen LogP contribution >= 0.6 is 0 Å². The van der Waals surface area contributed by atoms with Crippen LogP contribution in [0, 0.1) is 0 Å². The summed E-state index contributed by atoms with van der Waals surface area (Å²) >= 11 is 0. The standard InChI is InChI=1S/C15H31NO3/c1-14(2)11-13(12-15(3,4)16(14)18)19-10-8-6-5-7-9-17/h13,17-18H,5-12H2,1-4H3. The lowest BCUT2D eigenvalue weighted by Crippen LogP contribution is -2.60. The lowest BCUT2D eigenvalue weighted by atomic mass is 9.80. The lowest BCUT2D eigenvalue weighted by Gasteiger charge is -2.51. The van der Waals surface area contributed by atoms with Crippen molar-refractivity contribution in [3.05, 3.63) is 0 Å². The van der Waals surface area contributed by atoms with Crippen LogP contribution in [0.4, 0.5) is 0 Å². The fourth-order valence-corrected chi connectivity index (χ4v) is 3.11. The first-order valence-corrected chi connectivity index (χ1v) is 7.51. The van der Waals surface area contributed by atoms with E-state index in [0.29, 0.717) is 0 Å². The van der Waals surface area contributed by atoms with Crippen molar-refractivity contribution in [3.63, 3.8) is 0 Å². The normalized spacial score (nSPS) is 23.7. The zero-order chi connectivity index (χ0) is 14.5. The number of hydrogen-bond donors (Lipinski definition) is 2. The molecule has 114 valence electrons. The molecule has 0 amide bonds. The molecule has 0 bridgehead atoms. The minimum atomic E-state index is -0.233. The van der Waals surface area contributed by atoms with Gasteiger partial charge >= 0.3 is 0 Å². The van der Waals surface area contributed by atoms with Crippen LogP contribution in [-0.2, 0) is 4.74 Å². The van der Waals surface area contributed by atoms with Gasteiger partial charge in [0.15, 0.2) is 0 Å². The zero-order valence-electron chi connectivity index (χ0n) is 13.0. The van der Waals surface area contributed by atoms with Crippen LogP contribution in [0.25, 0.3) is 0 Å². The van der Waals surface area contributed by atoms with Gasteiger partial charge < -0.3 is 15.1 Å². The van der Waals surface area contributed by atoms with Gasteiger partial charge in [0.25, 0.3) is 0 Å². The van der Waals surface area contributed by atoms with Gasteiger partial charge in [-0.05, 0) is 53.4 Å². The number of hydroxylamine groups is 2. The molecule has 1 fully saturated rings. The maximum Gasteiger partial charge on any atom is 0.0611 e. The molecule has 0 aromatic carbocycles. The SMILES string of the molecule is CC1(C)CC(OCCCCCCO)CC(C)(C)N1O. The summed E-state index contributed by atoms with van der Waals surface area (Å²) < 4.78 is 5.98. The Morgan fingerprint density at radius 1 is 1.00 bits per heavy atom. The van der Waals surface area contributed by atoms with Crippen LogP contribution in [0.5, 0.6) is 0 Å². The number of aliphatic hydroxyl groups is 1. The summed E-state index contributed by atoms with van der Waals surface area (Å²) in [6, 6.07) is 0. The molecule has 0 radical (unpaired) electrons. The van der Waals surface area contributed by atoms with Crippen LogP contribution < -0.4 is 0 Å². The van der Waals surface area contributed by atoms with Crippen molar-refractivity contribution in [2.24, 2.45) is 0 Å². The van der Waals surface area contributed by atoms with Gasteiger partial charge in [-0.25, -0.2) is 0 Å². The maximum absolute atomic E-state index is 10.2. The van der Waals surface area contributed by atoms with E-state index < -0.39 is 0 Å². The molecule has 4 heteroatoms. The first kappa shape index (κ1) is 16.9. The first-order valence-electron chi connectivity index (χ1n) is 7.51. The van der Waals surface area contributed by atoms with Gasteiger partial charge in [0.1, 0.15) is 0 Å². The van der Waals surface area contributed by atoms with E-state index in [1.54, 1.807) is 0 Å². The Kier molecular flexibility index (Phi) is 6.24. The second-order valence-corrected chi connectivity index (χ2v) is 6.98. The van der Waals surface area contributed by atoms with Crippen LogP contribution in [0.3, 0.4) is 0 Å². The number of hydrogen-bond acceptors (Lipinski definition) is 4. The minimum absolute atomic E-state index is 0.228. The Hall–Kier alpha value is -0.160. The summed E-state index contributed by atoms with van der Waals surface area (Å²) in [5.41, 5.74) is -0.466. The molecule has 1 rings (SSSR count). The molecular formula is C15H31NO3. The van der Waals surface area contributed by atoms with E-state index in [1.807, 2.05) is 0 Å². The smallest absolute Gasteiger partial charge is 0.0611 e. The third-order valence-corrected chi connectivity index (χ3v) is 4.01. The van der Waals surface area contributed by atoms with Crippen LogP contribution in [0.1, 0.15) is 66.2 Å². The van der Waals surface area contributed by atoms with Crippen molar-refractivity contribution in [2.45, 2.75) is 83.4 Å². The average molecular weight is 273 g/mol. The molecular weight excluding hydrogens is 242 g/mol. The minimum Gasteiger partial charge on any atom is -0.396 e. The highest BCUT2D eigenvalue weighted by Crippen LogP contribution is 2.37. The fourth-order valence-electron chi connectivity index (χ4n) is 3.11. The molecule has 0 unspecified atom stereocenters. The van der Waals surface area contributed by atoms with Gasteiger partial charge in [-0.15, -0.1) is 0 Å². The second kappa shape index (κ2) is 7.02. The molecule has 0 aromatic heterocycles. The first-order chi connectivity index (χ1) is 8.79. The summed E-state index contributed by atoms with van der Waals surface area (Å²) in [5, 5.41) is 20.4. The zero-order valence-corrected chi connectivity index (χ0v) is 13.0. The highest BCUT2D eigenvalue weighted by atomic mass is 16.5. The summed E-state index contributed by atoms with van der Waals surface area (Å²) in [6.45, 7) is 9.32. The fraction of sp³-hybridized carbons (Fsp3) is 1.00. The number of ether oxygens (including phenoxy) is 1. The predicted octanol–water partition coefficient (Wildman–Crippen LogP) is 2.97. The summed E-state index contributed by atoms with van der Waals surface area (Å²) in [6.07, 6.45) is 6.10. The van der Waals surface area contributed by atoms with E-state index in [2.05, 4.69) is 27.7 Å². The number of piperidine rings is 1. The third-order valence-electron chi connectivity index (χ3n) is 4.01. The van der Waals surface area contributed by atoms with E-state index in [-0.39, 0.29) is 23.8 Å². The molecule has 0 aromatic rings. The summed E-state index contributed by atoms with van der Waals surface area (Å²) in [5.74, 6) is 0. The van der Waals surface area contributed by atoms with E-state index in [4.69, 9.17) is 9.84 Å². The van der Waals surface area contributed by atoms with Crippen molar-refractivity contribution in [1.82, 2.24) is 5.06 Å². The molecule has 0 atom stereocenters. The summed E-state index contributed by atoms with van der Waals surface area (Å²) in [4.78, 5) is 0. The molecule has 2 N–H and O–H groups in total. The van der Waals surface area contributed by atoms with E-state index in [1.165, 1.54) is 5.06 Å². The van der Waals surface area contributed by atoms with Crippen molar-refractivity contribution < 1.29 is 15.1 Å². The molecule has 0 aliphatic carbocycles. The van der Waals surface area contributed by atoms with Gasteiger partial charge in [-0.1, -0.05) is 12.8 Å². The van der Waals surface area contributed by atoms with E-state index in [0.717, 1.165) is 45.1 Å². The van der Waals surface area contributed by atoms with E-state index in [9.17, 15) is 5.21 Å². The highest BCUT2D eigenvalue weighted by Gasteiger charge is 2.45. The highest BCUT2D eigenvalue weighted by molar-refractivity contribution is 4.96. The molecule has 1 aliphatic heterocycles. The third kappa shape index (κ3) is 5.03. The molecule has 19 heavy (non-hydrogen) atoms. The Morgan fingerprint density at radius 3 is 2.05 bits per heavy atom. The second-order valence-electron chi connectivity index (χ2n) is 6.98. The topological polar surface area (TPSA) is 52.9 Å². The lowest BCUT2D eigenvalue weighted by molar-refractivity contribution is -0.261. The predicted molar refractivity (Wildman–Crippen MR) is 76.3 cm³/mol. The van der Waals surface area contributed by atoms with Crippen molar-refractivity contribution in [3.8, 4) is 0 Å². The molecule has 4 nitrogen and oxygen atoms in total. The van der Waals surface area contributed by atoms with Gasteiger partial charge in [0, 0.05) is 24.3 Å². The number of aliphatic hydroxyl groups excluding tert-OH is 1. The Balaban J connectivity index is 2.31. The van der Waals surface area contributed by atoms with Gasteiger partial charge in [0.05, 0.1) is 6.10 Å². The van der Waals surface area contributed by atoms with Gasteiger partial charge in [-0.2, -0.15) is 5.06 Å². The van der Waals surface area contributed by atoms with Gasteiger partial charge in [0.2, 0.25) is 0 Å².